The number of hydrogen-bond acceptors (Lipinski definition) is 3. The van der Waals surface area contributed by atoms with Crippen LogP contribution < -0.4 is 14.8 Å². The summed E-state index contributed by atoms with van der Waals surface area (Å²) < 4.78 is 11.2. The van der Waals surface area contributed by atoms with Crippen LogP contribution in [0.25, 0.3) is 0 Å². The lowest BCUT2D eigenvalue weighted by molar-refractivity contribution is 0.0949. The molecule has 0 bridgehead atoms. The minimum absolute atomic E-state index is 0.0973. The van der Waals surface area contributed by atoms with Gasteiger partial charge in [-0.2, -0.15) is 0 Å². The van der Waals surface area contributed by atoms with Gasteiger partial charge in [0.1, 0.15) is 18.1 Å². The van der Waals surface area contributed by atoms with Gasteiger partial charge in [-0.25, -0.2) is 0 Å². The van der Waals surface area contributed by atoms with Crippen LogP contribution in [0.4, 0.5) is 0 Å². The quantitative estimate of drug-likeness (QED) is 0.782. The van der Waals surface area contributed by atoms with Crippen molar-refractivity contribution < 1.29 is 14.3 Å². The lowest BCUT2D eigenvalue weighted by Gasteiger charge is -2.13. The fraction of sp³-hybridized carbons (Fsp3) is 0.350. The van der Waals surface area contributed by atoms with E-state index in [1.807, 2.05) is 19.1 Å². The molecule has 0 saturated heterocycles. The maximum atomic E-state index is 12.2. The molecule has 5 heteroatoms. The molecule has 2 rings (SSSR count). The van der Waals surface area contributed by atoms with Crippen molar-refractivity contribution in [3.8, 4) is 11.5 Å². The van der Waals surface area contributed by atoms with E-state index in [1.54, 1.807) is 31.4 Å². The summed E-state index contributed by atoms with van der Waals surface area (Å²) in [6.07, 6.45) is 0. The smallest absolute Gasteiger partial charge is 0.251 e. The first-order valence-electron chi connectivity index (χ1n) is 8.24. The fourth-order valence-electron chi connectivity index (χ4n) is 2.30. The van der Waals surface area contributed by atoms with Gasteiger partial charge in [0, 0.05) is 22.7 Å². The van der Waals surface area contributed by atoms with E-state index in [4.69, 9.17) is 21.1 Å². The van der Waals surface area contributed by atoms with Crippen LogP contribution in [0.3, 0.4) is 0 Å². The van der Waals surface area contributed by atoms with Gasteiger partial charge in [0.15, 0.2) is 0 Å². The Morgan fingerprint density at radius 2 is 1.96 bits per heavy atom. The topological polar surface area (TPSA) is 47.6 Å². The van der Waals surface area contributed by atoms with Gasteiger partial charge in [0.2, 0.25) is 0 Å². The number of ether oxygens (including phenoxy) is 2. The second kappa shape index (κ2) is 8.77. The van der Waals surface area contributed by atoms with Crippen molar-refractivity contribution in [3.05, 3.63) is 58.1 Å². The Hall–Kier alpha value is -2.20. The molecule has 0 aliphatic rings. The van der Waals surface area contributed by atoms with Crippen molar-refractivity contribution in [1.82, 2.24) is 5.32 Å². The minimum atomic E-state index is -0.0973. The zero-order valence-electron chi connectivity index (χ0n) is 15.1. The van der Waals surface area contributed by atoms with Gasteiger partial charge in [-0.1, -0.05) is 25.4 Å². The first-order valence-corrected chi connectivity index (χ1v) is 8.62. The Bertz CT molecular complexity index is 744. The van der Waals surface area contributed by atoms with E-state index in [9.17, 15) is 4.79 Å². The van der Waals surface area contributed by atoms with Gasteiger partial charge in [-0.15, -0.1) is 0 Å². The fourth-order valence-corrected chi connectivity index (χ4v) is 2.42. The Labute approximate surface area is 154 Å². The number of hydrogen-bond donors (Lipinski definition) is 1. The van der Waals surface area contributed by atoms with Crippen molar-refractivity contribution in [2.75, 3.05) is 13.7 Å². The molecule has 134 valence electrons. The molecular weight excluding hydrogens is 338 g/mol. The van der Waals surface area contributed by atoms with Crippen molar-refractivity contribution in [2.45, 2.75) is 27.4 Å². The van der Waals surface area contributed by atoms with Gasteiger partial charge in [-0.3, -0.25) is 4.79 Å². The first kappa shape index (κ1) is 19.1. The molecule has 0 aromatic heterocycles. The van der Waals surface area contributed by atoms with E-state index in [1.165, 1.54) is 0 Å². The highest BCUT2D eigenvalue weighted by Crippen LogP contribution is 2.25. The van der Waals surface area contributed by atoms with Gasteiger partial charge in [0.05, 0.1) is 7.11 Å². The van der Waals surface area contributed by atoms with Gasteiger partial charge >= 0.3 is 0 Å². The van der Waals surface area contributed by atoms with E-state index in [0.717, 1.165) is 16.9 Å². The average Bonchev–Trinajstić information content (AvgIpc) is 2.60. The number of carbonyl (C=O) groups is 1. The van der Waals surface area contributed by atoms with Crippen LogP contribution in [0, 0.1) is 12.8 Å². The van der Waals surface area contributed by atoms with E-state index < -0.39 is 0 Å². The highest BCUT2D eigenvalue weighted by Gasteiger charge is 2.11. The van der Waals surface area contributed by atoms with E-state index in [0.29, 0.717) is 35.4 Å². The number of nitrogens with one attached hydrogen (secondary N) is 1. The van der Waals surface area contributed by atoms with Crippen LogP contribution in [0.15, 0.2) is 36.4 Å². The molecule has 2 aromatic carbocycles. The van der Waals surface area contributed by atoms with Crippen molar-refractivity contribution in [2.24, 2.45) is 5.92 Å². The number of carbonyl (C=O) groups excluding carboxylic acids is 1. The lowest BCUT2D eigenvalue weighted by atomic mass is 10.1. The zero-order valence-corrected chi connectivity index (χ0v) is 15.8. The normalized spacial score (nSPS) is 10.6. The average molecular weight is 362 g/mol. The van der Waals surface area contributed by atoms with Crippen LogP contribution in [0.1, 0.15) is 35.3 Å². The van der Waals surface area contributed by atoms with Gasteiger partial charge < -0.3 is 14.8 Å². The summed E-state index contributed by atoms with van der Waals surface area (Å²) in [6, 6.07) is 10.9. The largest absolute Gasteiger partial charge is 0.496 e. The van der Waals surface area contributed by atoms with E-state index in [2.05, 4.69) is 19.2 Å². The second-order valence-electron chi connectivity index (χ2n) is 6.33. The number of aryl methyl sites for hydroxylation is 1. The number of halogens is 1. The molecule has 1 amide bonds. The first-order chi connectivity index (χ1) is 11.9. The highest BCUT2D eigenvalue weighted by molar-refractivity contribution is 6.31. The number of benzene rings is 2. The summed E-state index contributed by atoms with van der Waals surface area (Å²) in [4.78, 5) is 12.2. The molecule has 0 fully saturated rings. The lowest BCUT2D eigenvalue weighted by Crippen LogP contribution is -2.27. The third-order valence-electron chi connectivity index (χ3n) is 3.74. The van der Waals surface area contributed by atoms with Crippen molar-refractivity contribution in [1.29, 1.82) is 0 Å². The maximum absolute atomic E-state index is 12.2. The van der Waals surface area contributed by atoms with Crippen LogP contribution >= 0.6 is 11.6 Å². The van der Waals surface area contributed by atoms with Gasteiger partial charge in [-0.05, 0) is 54.8 Å². The molecule has 25 heavy (non-hydrogen) atoms. The van der Waals surface area contributed by atoms with Crippen LogP contribution in [0.2, 0.25) is 5.02 Å². The Kier molecular flexibility index (Phi) is 6.71. The zero-order chi connectivity index (χ0) is 18.4. The number of rotatable bonds is 7. The third-order valence-corrected chi connectivity index (χ3v) is 4.16. The molecule has 0 unspecified atom stereocenters. The van der Waals surface area contributed by atoms with Gasteiger partial charge in [0.25, 0.3) is 5.91 Å². The summed E-state index contributed by atoms with van der Waals surface area (Å²) in [5.41, 5.74) is 2.35. The summed E-state index contributed by atoms with van der Waals surface area (Å²) in [5, 5.41) is 3.62. The Morgan fingerprint density at radius 3 is 2.60 bits per heavy atom. The Morgan fingerprint density at radius 1 is 1.20 bits per heavy atom. The Balaban J connectivity index is 2.13. The van der Waals surface area contributed by atoms with Crippen LogP contribution in [-0.2, 0) is 6.61 Å². The molecule has 0 heterocycles. The molecule has 4 nitrogen and oxygen atoms in total. The van der Waals surface area contributed by atoms with Crippen molar-refractivity contribution >= 4 is 17.5 Å². The highest BCUT2D eigenvalue weighted by atomic mass is 35.5. The molecule has 1 N–H and O–H groups in total. The van der Waals surface area contributed by atoms with Crippen LogP contribution in [0.5, 0.6) is 11.5 Å². The predicted molar refractivity (Wildman–Crippen MR) is 101 cm³/mol. The second-order valence-corrected chi connectivity index (χ2v) is 6.74. The number of amides is 1. The SMILES string of the molecule is COc1ccc(C(=O)NCC(C)C)cc1COc1ccc(Cl)c(C)c1. The third kappa shape index (κ3) is 5.40. The summed E-state index contributed by atoms with van der Waals surface area (Å²) in [6.45, 7) is 6.98. The molecule has 0 aliphatic carbocycles. The molecule has 2 aromatic rings. The molecule has 0 spiro atoms. The van der Waals surface area contributed by atoms with E-state index >= 15 is 0 Å². The summed E-state index contributed by atoms with van der Waals surface area (Å²) >= 11 is 6.03. The summed E-state index contributed by atoms with van der Waals surface area (Å²) in [7, 11) is 1.60. The number of methoxy groups -OCH3 is 1. The molecule has 0 saturated carbocycles. The van der Waals surface area contributed by atoms with Crippen LogP contribution in [-0.4, -0.2) is 19.6 Å². The molecule has 0 radical (unpaired) electrons. The molecular formula is C20H24ClNO3. The van der Waals surface area contributed by atoms with Crippen molar-refractivity contribution in [3.63, 3.8) is 0 Å². The summed E-state index contributed by atoms with van der Waals surface area (Å²) in [5.74, 6) is 1.71. The molecule has 0 atom stereocenters. The standard InChI is InChI=1S/C20H24ClNO3/c1-13(2)11-22-20(23)15-5-8-19(24-4)16(10-15)12-25-17-6-7-18(21)14(3)9-17/h5-10,13H,11-12H2,1-4H3,(H,22,23). The molecule has 0 aliphatic heterocycles. The van der Waals surface area contributed by atoms with E-state index in [-0.39, 0.29) is 5.91 Å². The maximum Gasteiger partial charge on any atom is 0.251 e. The monoisotopic (exact) mass is 361 g/mol. The minimum Gasteiger partial charge on any atom is -0.496 e. The predicted octanol–water partition coefficient (Wildman–Crippen LogP) is 4.62.